The molecule has 0 saturated carbocycles. The Hall–Kier alpha value is -3.51. The second-order valence-electron chi connectivity index (χ2n) is 6.43. The molecule has 0 radical (unpaired) electrons. The predicted octanol–water partition coefficient (Wildman–Crippen LogP) is 3.25. The lowest BCUT2D eigenvalue weighted by molar-refractivity contribution is -0.283. The molecule has 1 heterocycles. The molecule has 1 aliphatic heterocycles. The summed E-state index contributed by atoms with van der Waals surface area (Å²) in [6.45, 7) is 1.37. The second kappa shape index (κ2) is 7.48. The van der Waals surface area contributed by atoms with Crippen LogP contribution in [0.25, 0.3) is 0 Å². The Kier molecular flexibility index (Phi) is 5.22. The highest BCUT2D eigenvalue weighted by atomic mass is 19.4. The third-order valence-electron chi connectivity index (χ3n) is 4.23. The van der Waals surface area contributed by atoms with E-state index in [-0.39, 0.29) is 22.9 Å². The van der Waals surface area contributed by atoms with Crippen LogP contribution in [0.3, 0.4) is 0 Å². The molecule has 3 rings (SSSR count). The van der Waals surface area contributed by atoms with Crippen LogP contribution in [0.2, 0.25) is 0 Å². The molecule has 2 aromatic carbocycles. The normalized spacial score (nSPS) is 18.6. The first kappa shape index (κ1) is 20.2. The number of allylic oxidation sites excluding steroid dienone is 1. The molecule has 1 atom stereocenters. The summed E-state index contributed by atoms with van der Waals surface area (Å²) in [5.74, 6) is -0.550. The van der Waals surface area contributed by atoms with Crippen LogP contribution in [0.1, 0.15) is 28.4 Å². The van der Waals surface area contributed by atoms with Gasteiger partial charge in [-0.05, 0) is 55.0 Å². The Morgan fingerprint density at radius 1 is 1.28 bits per heavy atom. The Bertz CT molecular complexity index is 997. The molecule has 9 heteroatoms. The van der Waals surface area contributed by atoms with Crippen LogP contribution in [0.15, 0.2) is 60.3 Å². The largest absolute Gasteiger partial charge is 0.489 e. The number of carbonyl (C=O) groups is 1. The lowest BCUT2D eigenvalue weighted by Gasteiger charge is -2.33. The van der Waals surface area contributed by atoms with Gasteiger partial charge in [0.1, 0.15) is 12.4 Å². The van der Waals surface area contributed by atoms with Crippen molar-refractivity contribution in [1.82, 2.24) is 10.4 Å². The van der Waals surface area contributed by atoms with E-state index in [1.54, 1.807) is 30.3 Å². The summed E-state index contributed by atoms with van der Waals surface area (Å²) >= 11 is 0. The highest BCUT2D eigenvalue weighted by Crippen LogP contribution is 2.38. The number of carbonyl (C=O) groups excluding carboxylic acids is 1. The van der Waals surface area contributed by atoms with E-state index in [1.165, 1.54) is 25.1 Å². The number of hydrogen-bond acceptors (Lipinski definition) is 5. The van der Waals surface area contributed by atoms with Crippen molar-refractivity contribution >= 4 is 5.91 Å². The van der Waals surface area contributed by atoms with Gasteiger partial charge in [-0.3, -0.25) is 10.2 Å². The molecule has 0 bridgehead atoms. The molecule has 0 aromatic heterocycles. The minimum atomic E-state index is -5.08. The summed E-state index contributed by atoms with van der Waals surface area (Å²) in [5, 5.41) is 19.0. The van der Waals surface area contributed by atoms with Crippen molar-refractivity contribution in [3.63, 3.8) is 0 Å². The van der Waals surface area contributed by atoms with Crippen LogP contribution in [0.5, 0.6) is 5.75 Å². The number of rotatable bonds is 4. The van der Waals surface area contributed by atoms with E-state index in [0.29, 0.717) is 23.0 Å². The van der Waals surface area contributed by atoms with Crippen LogP contribution in [0, 0.1) is 11.3 Å². The number of alkyl halides is 3. The molecule has 2 aromatic rings. The zero-order valence-corrected chi connectivity index (χ0v) is 15.2. The molecule has 0 aliphatic carbocycles. The molecule has 0 spiro atoms. The van der Waals surface area contributed by atoms with E-state index in [1.807, 2.05) is 6.07 Å². The fourth-order valence-electron chi connectivity index (χ4n) is 2.79. The van der Waals surface area contributed by atoms with Gasteiger partial charge in [-0.25, -0.2) is 5.01 Å². The summed E-state index contributed by atoms with van der Waals surface area (Å²) in [5.41, 5.74) is -0.222. The van der Waals surface area contributed by atoms with Gasteiger partial charge in [0.15, 0.2) is 0 Å². The molecule has 1 aliphatic rings. The van der Waals surface area contributed by atoms with Crippen molar-refractivity contribution < 1.29 is 27.8 Å². The molecular weight excluding hydrogens is 387 g/mol. The number of ether oxygens (including phenoxy) is 1. The van der Waals surface area contributed by atoms with Crippen LogP contribution in [0.4, 0.5) is 13.2 Å². The fourth-order valence-corrected chi connectivity index (χ4v) is 2.79. The number of halogens is 3. The number of hydrazine groups is 1. The molecule has 1 unspecified atom stereocenters. The molecule has 0 saturated heterocycles. The number of nitrogens with one attached hydrogen (secondary N) is 1. The van der Waals surface area contributed by atoms with Crippen LogP contribution in [-0.2, 0) is 6.61 Å². The Morgan fingerprint density at radius 3 is 2.59 bits per heavy atom. The molecule has 2 N–H and O–H groups in total. The quantitative estimate of drug-likeness (QED) is 0.819. The topological polar surface area (TPSA) is 85.6 Å². The maximum atomic E-state index is 13.3. The Labute approximate surface area is 164 Å². The van der Waals surface area contributed by atoms with Crippen LogP contribution < -0.4 is 10.2 Å². The predicted molar refractivity (Wildman–Crippen MR) is 96.0 cm³/mol. The van der Waals surface area contributed by atoms with Gasteiger partial charge in [-0.15, -0.1) is 0 Å². The summed E-state index contributed by atoms with van der Waals surface area (Å²) < 4.78 is 45.5. The van der Waals surface area contributed by atoms with Gasteiger partial charge in [-0.2, -0.15) is 18.4 Å². The van der Waals surface area contributed by atoms with E-state index >= 15 is 0 Å². The molecule has 1 amide bonds. The van der Waals surface area contributed by atoms with Crippen molar-refractivity contribution in [2.24, 2.45) is 0 Å². The van der Waals surface area contributed by atoms with Gasteiger partial charge in [0.25, 0.3) is 11.6 Å². The van der Waals surface area contributed by atoms with Gasteiger partial charge in [0, 0.05) is 11.3 Å². The molecule has 6 nitrogen and oxygen atoms in total. The van der Waals surface area contributed by atoms with E-state index < -0.39 is 17.8 Å². The number of benzene rings is 2. The van der Waals surface area contributed by atoms with Crippen molar-refractivity contribution in [2.45, 2.75) is 25.4 Å². The van der Waals surface area contributed by atoms with Gasteiger partial charge < -0.3 is 9.84 Å². The van der Waals surface area contributed by atoms with Gasteiger partial charge in [-0.1, -0.05) is 12.1 Å². The summed E-state index contributed by atoms with van der Waals surface area (Å²) in [7, 11) is 0. The zero-order chi connectivity index (χ0) is 21.2. The van der Waals surface area contributed by atoms with Crippen molar-refractivity contribution in [3.05, 3.63) is 77.0 Å². The first-order valence-electron chi connectivity index (χ1n) is 8.46. The van der Waals surface area contributed by atoms with E-state index in [0.717, 1.165) is 0 Å². The van der Waals surface area contributed by atoms with Gasteiger partial charge in [0.05, 0.1) is 11.6 Å². The molecular formula is C20H16F3N3O3. The SMILES string of the molecule is CC1=CC(O)(C(F)(F)F)N(C(=O)c2cccc(COc3ccc(C#N)cc3)c2)N1. The number of amides is 1. The van der Waals surface area contributed by atoms with Crippen molar-refractivity contribution in [1.29, 1.82) is 5.26 Å². The summed E-state index contributed by atoms with van der Waals surface area (Å²) in [6, 6.07) is 14.3. The van der Waals surface area contributed by atoms with Crippen molar-refractivity contribution in [2.75, 3.05) is 0 Å². The average Bonchev–Trinajstić information content (AvgIpc) is 3.02. The highest BCUT2D eigenvalue weighted by molar-refractivity contribution is 5.95. The first-order valence-corrected chi connectivity index (χ1v) is 8.46. The standard InChI is InChI=1S/C20H16F3N3O3/c1-13-10-19(28,20(21,22)23)26(25-13)18(27)16-4-2-3-15(9-16)12-29-17-7-5-14(11-24)6-8-17/h2-10,25,28H,12H2,1H3. The van der Waals surface area contributed by atoms with Crippen LogP contribution >= 0.6 is 0 Å². The monoisotopic (exact) mass is 403 g/mol. The maximum absolute atomic E-state index is 13.3. The highest BCUT2D eigenvalue weighted by Gasteiger charge is 2.61. The van der Waals surface area contributed by atoms with Gasteiger partial charge in [0.2, 0.25) is 0 Å². The number of nitriles is 1. The average molecular weight is 403 g/mol. The molecule has 150 valence electrons. The summed E-state index contributed by atoms with van der Waals surface area (Å²) in [6.07, 6.45) is -4.54. The van der Waals surface area contributed by atoms with Crippen LogP contribution in [-0.4, -0.2) is 27.9 Å². The molecule has 0 fully saturated rings. The zero-order valence-electron chi connectivity index (χ0n) is 15.2. The minimum Gasteiger partial charge on any atom is -0.489 e. The van der Waals surface area contributed by atoms with E-state index in [9.17, 15) is 23.1 Å². The lowest BCUT2D eigenvalue weighted by Crippen LogP contribution is -2.60. The van der Waals surface area contributed by atoms with E-state index in [4.69, 9.17) is 10.00 Å². The Morgan fingerprint density at radius 2 is 1.97 bits per heavy atom. The Balaban J connectivity index is 1.76. The second-order valence-corrected chi connectivity index (χ2v) is 6.43. The lowest BCUT2D eigenvalue weighted by atomic mass is 10.1. The third-order valence-corrected chi connectivity index (χ3v) is 4.23. The first-order chi connectivity index (χ1) is 13.6. The third kappa shape index (κ3) is 4.02. The van der Waals surface area contributed by atoms with Gasteiger partial charge >= 0.3 is 6.18 Å². The number of aliphatic hydroxyl groups is 1. The summed E-state index contributed by atoms with van der Waals surface area (Å²) in [4.78, 5) is 12.7. The minimum absolute atomic E-state index is 0.00141. The maximum Gasteiger partial charge on any atom is 0.442 e. The number of nitrogens with zero attached hydrogens (tertiary/aromatic N) is 2. The smallest absolute Gasteiger partial charge is 0.442 e. The van der Waals surface area contributed by atoms with E-state index in [2.05, 4.69) is 5.43 Å². The fraction of sp³-hybridized carbons (Fsp3) is 0.200. The molecule has 29 heavy (non-hydrogen) atoms. The number of hydrogen-bond donors (Lipinski definition) is 2. The van der Waals surface area contributed by atoms with Crippen molar-refractivity contribution in [3.8, 4) is 11.8 Å².